The zero-order valence-electron chi connectivity index (χ0n) is 28.4. The van der Waals surface area contributed by atoms with E-state index >= 15 is 0 Å². The first kappa shape index (κ1) is 37.8. The number of aromatic nitrogens is 2. The quantitative estimate of drug-likeness (QED) is 0.0957. The fourth-order valence-corrected chi connectivity index (χ4v) is 6.69. The smallest absolute Gasteiger partial charge is 0.416 e. The van der Waals surface area contributed by atoms with E-state index in [9.17, 15) is 31.3 Å². The maximum absolute atomic E-state index is 14.4. The number of imidazole rings is 1. The molecule has 2 amide bonds. The molecule has 1 aromatic heterocycles. The molecule has 9 nitrogen and oxygen atoms in total. The summed E-state index contributed by atoms with van der Waals surface area (Å²) in [5.41, 5.74) is -0.851. The Balaban J connectivity index is 1.77. The van der Waals surface area contributed by atoms with Crippen molar-refractivity contribution in [2.45, 2.75) is 114 Å². The lowest BCUT2D eigenvalue weighted by Crippen LogP contribution is -2.58. The lowest BCUT2D eigenvalue weighted by molar-refractivity contribution is -0.265. The van der Waals surface area contributed by atoms with Crippen LogP contribution in [-0.4, -0.2) is 81.9 Å². The van der Waals surface area contributed by atoms with Gasteiger partial charge in [0, 0.05) is 26.0 Å². The number of ether oxygens (including phenoxy) is 2. The molecule has 1 saturated carbocycles. The van der Waals surface area contributed by atoms with Crippen molar-refractivity contribution in [3.63, 3.8) is 0 Å². The van der Waals surface area contributed by atoms with Gasteiger partial charge in [0.1, 0.15) is 23.3 Å². The third kappa shape index (κ3) is 9.59. The van der Waals surface area contributed by atoms with Gasteiger partial charge in [0.05, 0.1) is 36.8 Å². The molecule has 1 aliphatic heterocycles. The lowest BCUT2D eigenvalue weighted by atomic mass is 9.99. The molecule has 2 aliphatic rings. The zero-order valence-corrected chi connectivity index (χ0v) is 30.2. The van der Waals surface area contributed by atoms with Gasteiger partial charge in [-0.05, 0) is 77.1 Å². The van der Waals surface area contributed by atoms with Crippen LogP contribution in [0.4, 0.5) is 26.7 Å². The van der Waals surface area contributed by atoms with Crippen molar-refractivity contribution < 1.29 is 40.8 Å². The molecule has 2 fully saturated rings. The maximum Gasteiger partial charge on any atom is 0.416 e. The molecule has 0 spiro atoms. The Kier molecular flexibility index (Phi) is 11.1. The topological polar surface area (TPSA) is 104 Å². The predicted octanol–water partition coefficient (Wildman–Crippen LogP) is 6.91. The highest BCUT2D eigenvalue weighted by molar-refractivity contribution is 7.90. The standard InChI is InChI=1S/C31H48F5N5O4SSi/c1-28(2,3)46(43)39-23(16-45-29(4,5)31(34,35)36)26-38-22-15-21(11-12-24(22)41(26)19-44-13-14-47(6,7)8)25(20-9-10-20)40-18-30(32,33)17-37-27(40)42/h11-12,15,20,23,25,39H,9-10,13-14,16-19H2,1-8H3,(H,37,42)/t23-,25+,46?/m0/s1. The van der Waals surface area contributed by atoms with Gasteiger partial charge in [-0.1, -0.05) is 25.7 Å². The normalized spacial score (nSPS) is 20.0. The van der Waals surface area contributed by atoms with E-state index in [2.05, 4.69) is 29.7 Å². The van der Waals surface area contributed by atoms with Crippen molar-refractivity contribution in [2.24, 2.45) is 5.92 Å². The van der Waals surface area contributed by atoms with Crippen molar-refractivity contribution in [3.05, 3.63) is 29.6 Å². The number of rotatable bonds is 14. The predicted molar refractivity (Wildman–Crippen MR) is 174 cm³/mol. The number of halogens is 5. The first-order chi connectivity index (χ1) is 21.5. The fourth-order valence-electron chi connectivity index (χ4n) is 5.15. The molecule has 2 aromatic rings. The summed E-state index contributed by atoms with van der Waals surface area (Å²) in [4.78, 5) is 18.8. The SMILES string of the molecule is CC(C)(C)[S+]([O-])N[C@@H](COC(C)(C)C(F)(F)F)c1nc2cc([C@@H](C3CC3)N3CC(F)(F)CNC3=O)ccc2n1COCC[Si](C)(C)C. The summed E-state index contributed by atoms with van der Waals surface area (Å²) in [6.45, 7) is 12.3. The van der Waals surface area contributed by atoms with Crippen LogP contribution in [0.2, 0.25) is 25.7 Å². The maximum atomic E-state index is 14.4. The Morgan fingerprint density at radius 3 is 2.40 bits per heavy atom. The third-order valence-corrected chi connectivity index (χ3v) is 11.7. The minimum atomic E-state index is -4.66. The largest absolute Gasteiger partial charge is 0.598 e. The van der Waals surface area contributed by atoms with E-state index in [-0.39, 0.29) is 18.5 Å². The van der Waals surface area contributed by atoms with Crippen LogP contribution in [0.25, 0.3) is 11.0 Å². The summed E-state index contributed by atoms with van der Waals surface area (Å²) >= 11 is -1.71. The van der Waals surface area contributed by atoms with Crippen LogP contribution in [-0.2, 0) is 27.6 Å². The number of fused-ring (bicyclic) bond motifs is 1. The molecule has 1 aliphatic carbocycles. The van der Waals surface area contributed by atoms with Gasteiger partial charge in [0.15, 0.2) is 5.60 Å². The van der Waals surface area contributed by atoms with Gasteiger partial charge in [-0.15, -0.1) is 4.72 Å². The first-order valence-corrected chi connectivity index (χ1v) is 20.7. The summed E-state index contributed by atoms with van der Waals surface area (Å²) in [7, 11) is -1.44. The lowest BCUT2D eigenvalue weighted by Gasteiger charge is -2.38. The van der Waals surface area contributed by atoms with Crippen molar-refractivity contribution >= 4 is 36.5 Å². The Morgan fingerprint density at radius 2 is 1.83 bits per heavy atom. The van der Waals surface area contributed by atoms with Gasteiger partial charge < -0.3 is 28.8 Å². The van der Waals surface area contributed by atoms with Crippen LogP contribution in [0.5, 0.6) is 0 Å². The number of benzene rings is 1. The van der Waals surface area contributed by atoms with Gasteiger partial charge in [-0.2, -0.15) is 13.2 Å². The summed E-state index contributed by atoms with van der Waals surface area (Å²) in [6.07, 6.45) is -3.11. The van der Waals surface area contributed by atoms with E-state index in [0.717, 1.165) is 32.7 Å². The number of nitrogens with one attached hydrogen (secondary N) is 2. The molecule has 1 unspecified atom stereocenters. The Hall–Kier alpha value is -1.98. The molecule has 2 heterocycles. The van der Waals surface area contributed by atoms with Crippen LogP contribution in [0.15, 0.2) is 18.2 Å². The molecule has 47 heavy (non-hydrogen) atoms. The van der Waals surface area contributed by atoms with E-state index in [4.69, 9.17) is 14.5 Å². The van der Waals surface area contributed by atoms with Crippen molar-refractivity contribution in [2.75, 3.05) is 26.3 Å². The van der Waals surface area contributed by atoms with Crippen molar-refractivity contribution in [1.82, 2.24) is 24.5 Å². The van der Waals surface area contributed by atoms with E-state index in [0.29, 0.717) is 23.2 Å². The molecule has 0 radical (unpaired) electrons. The Morgan fingerprint density at radius 1 is 1.17 bits per heavy atom. The number of carbonyl (C=O) groups excluding carboxylic acids is 1. The van der Waals surface area contributed by atoms with Crippen LogP contribution in [0.3, 0.4) is 0 Å². The first-order valence-electron chi connectivity index (χ1n) is 15.9. The summed E-state index contributed by atoms with van der Waals surface area (Å²) in [5.74, 6) is -2.83. The molecular weight excluding hydrogens is 662 g/mol. The van der Waals surface area contributed by atoms with Crippen LogP contribution in [0.1, 0.15) is 70.9 Å². The number of amides is 2. The highest BCUT2D eigenvalue weighted by atomic mass is 32.2. The highest BCUT2D eigenvalue weighted by Gasteiger charge is 2.50. The van der Waals surface area contributed by atoms with Gasteiger partial charge in [0.25, 0.3) is 5.92 Å². The minimum Gasteiger partial charge on any atom is -0.598 e. The number of nitrogens with zero attached hydrogens (tertiary/aromatic N) is 3. The number of alkyl halides is 5. The van der Waals surface area contributed by atoms with Gasteiger partial charge in [-0.25, -0.2) is 18.6 Å². The molecule has 0 bridgehead atoms. The van der Waals surface area contributed by atoms with E-state index in [1.807, 2.05) is 0 Å². The highest BCUT2D eigenvalue weighted by Crippen LogP contribution is 2.46. The van der Waals surface area contributed by atoms with Crippen molar-refractivity contribution in [1.29, 1.82) is 0 Å². The Bertz CT molecular complexity index is 1410. The third-order valence-electron chi connectivity index (χ3n) is 8.34. The second kappa shape index (κ2) is 13.7. The second-order valence-corrected chi connectivity index (χ2v) is 22.9. The molecule has 1 aromatic carbocycles. The average molecular weight is 710 g/mol. The average Bonchev–Trinajstić information content (AvgIpc) is 3.69. The van der Waals surface area contributed by atoms with Gasteiger partial charge >= 0.3 is 12.2 Å². The van der Waals surface area contributed by atoms with Gasteiger partial charge in [0.2, 0.25) is 0 Å². The number of carbonyl (C=O) groups is 1. The van der Waals surface area contributed by atoms with E-state index in [1.165, 1.54) is 4.90 Å². The van der Waals surface area contributed by atoms with Crippen LogP contribution < -0.4 is 10.0 Å². The molecule has 16 heteroatoms. The molecular formula is C31H48F5N5O4SSi. The molecule has 2 N–H and O–H groups in total. The fraction of sp³-hybridized carbons (Fsp3) is 0.742. The molecule has 1 saturated heterocycles. The monoisotopic (exact) mass is 709 g/mol. The summed E-state index contributed by atoms with van der Waals surface area (Å²) in [5, 5.41) is 2.30. The van der Waals surface area contributed by atoms with E-state index in [1.54, 1.807) is 43.5 Å². The second-order valence-electron chi connectivity index (χ2n) is 15.3. The number of hydrogen-bond acceptors (Lipinski definition) is 6. The Labute approximate surface area is 277 Å². The molecule has 4 rings (SSSR count). The number of hydrogen-bond donors (Lipinski definition) is 2. The van der Waals surface area contributed by atoms with Gasteiger partial charge in [-0.3, -0.25) is 0 Å². The molecule has 266 valence electrons. The van der Waals surface area contributed by atoms with Crippen LogP contribution >= 0.6 is 0 Å². The van der Waals surface area contributed by atoms with E-state index < -0.39 is 79.7 Å². The minimum absolute atomic E-state index is 0.000163. The number of urea groups is 1. The van der Waals surface area contributed by atoms with Crippen LogP contribution in [0, 0.1) is 5.92 Å². The zero-order chi connectivity index (χ0) is 35.2. The summed E-state index contributed by atoms with van der Waals surface area (Å²) < 4.78 is 98.9. The molecule has 3 atom stereocenters. The summed E-state index contributed by atoms with van der Waals surface area (Å²) in [6, 6.07) is 3.94. The van der Waals surface area contributed by atoms with Crippen molar-refractivity contribution in [3.8, 4) is 0 Å².